The molecule has 0 spiro atoms. The second-order valence-corrected chi connectivity index (χ2v) is 21.6. The zero-order valence-corrected chi connectivity index (χ0v) is 51.8. The van der Waals surface area contributed by atoms with E-state index in [1.807, 2.05) is 6.08 Å². The van der Waals surface area contributed by atoms with Crippen LogP contribution in [0.25, 0.3) is 0 Å². The van der Waals surface area contributed by atoms with Crippen molar-refractivity contribution in [1.82, 2.24) is 0 Å². The predicted octanol–water partition coefficient (Wildman–Crippen LogP) is 20.6. The summed E-state index contributed by atoms with van der Waals surface area (Å²) >= 11 is 0. The van der Waals surface area contributed by atoms with Gasteiger partial charge < -0.3 is 20.1 Å². The van der Waals surface area contributed by atoms with E-state index in [4.69, 9.17) is 24.3 Å². The highest BCUT2D eigenvalue weighted by atomic mass is 31.2. The molecule has 0 aliphatic rings. The van der Waals surface area contributed by atoms with Gasteiger partial charge in [-0.1, -0.05) is 267 Å². The number of phosphoric acid groups is 1. The van der Waals surface area contributed by atoms with Crippen LogP contribution in [0.4, 0.5) is 0 Å². The molecule has 2 unspecified atom stereocenters. The van der Waals surface area contributed by atoms with Crippen LogP contribution < -0.4 is 5.73 Å². The minimum absolute atomic E-state index is 0.0353. The Morgan fingerprint density at radius 1 is 0.370 bits per heavy atom. The quantitative estimate of drug-likeness (QED) is 0.0264. The maximum Gasteiger partial charge on any atom is 0.472 e. The lowest BCUT2D eigenvalue weighted by atomic mass is 10.0. The number of carbonyl (C=O) groups is 2. The Hall–Kier alpha value is -4.63. The molecule has 0 radical (unpaired) electrons. The molecule has 0 aromatic heterocycles. The summed E-state index contributed by atoms with van der Waals surface area (Å²) in [5.74, 6) is -0.908. The van der Waals surface area contributed by atoms with Crippen molar-refractivity contribution in [2.24, 2.45) is 5.73 Å². The van der Waals surface area contributed by atoms with E-state index in [0.717, 1.165) is 109 Å². The molecule has 0 amide bonds. The number of unbranched alkanes of at least 4 members (excludes halogenated alkanes) is 16. The van der Waals surface area contributed by atoms with E-state index in [1.165, 1.54) is 77.0 Å². The lowest BCUT2D eigenvalue weighted by Crippen LogP contribution is -2.29. The molecule has 3 N–H and O–H groups in total. The number of hydrogen-bond acceptors (Lipinski definition) is 8. The first-order chi connectivity index (χ1) is 39.8. The van der Waals surface area contributed by atoms with E-state index >= 15 is 0 Å². The molecule has 0 rings (SSSR count). The molecule has 0 aliphatic carbocycles. The van der Waals surface area contributed by atoms with Gasteiger partial charge in [-0.15, -0.1) is 0 Å². The first kappa shape index (κ1) is 76.4. The van der Waals surface area contributed by atoms with E-state index in [-0.39, 0.29) is 32.6 Å². The molecule has 0 saturated carbocycles. The fraction of sp³-hybridized carbons (Fsp3) is 0.577. The Morgan fingerprint density at radius 3 is 0.988 bits per heavy atom. The van der Waals surface area contributed by atoms with Crippen molar-refractivity contribution in [1.29, 1.82) is 0 Å². The number of ether oxygens (including phenoxy) is 2. The molecular weight excluding hydrogens is 1030 g/mol. The lowest BCUT2D eigenvalue weighted by molar-refractivity contribution is -0.161. The fourth-order valence-electron chi connectivity index (χ4n) is 8.02. The number of esters is 2. The van der Waals surface area contributed by atoms with Crippen molar-refractivity contribution in [3.05, 3.63) is 170 Å². The van der Waals surface area contributed by atoms with Crippen LogP contribution in [0.3, 0.4) is 0 Å². The van der Waals surface area contributed by atoms with Crippen LogP contribution in [0.5, 0.6) is 0 Å². The van der Waals surface area contributed by atoms with Crippen molar-refractivity contribution in [2.45, 2.75) is 238 Å². The van der Waals surface area contributed by atoms with Crippen LogP contribution in [0.15, 0.2) is 170 Å². The topological polar surface area (TPSA) is 134 Å². The van der Waals surface area contributed by atoms with E-state index in [0.29, 0.717) is 19.3 Å². The van der Waals surface area contributed by atoms with E-state index in [9.17, 15) is 19.0 Å². The number of rotatable bonds is 57. The third kappa shape index (κ3) is 64.4. The zero-order valence-electron chi connectivity index (χ0n) is 50.9. The van der Waals surface area contributed by atoms with E-state index in [2.05, 4.69) is 178 Å². The summed E-state index contributed by atoms with van der Waals surface area (Å²) in [6.45, 7) is 3.44. The fourth-order valence-corrected chi connectivity index (χ4v) is 8.78. The molecule has 2 atom stereocenters. The van der Waals surface area contributed by atoms with Crippen molar-refractivity contribution in [2.75, 3.05) is 26.4 Å². The van der Waals surface area contributed by atoms with Crippen LogP contribution >= 0.6 is 7.82 Å². The second kappa shape index (κ2) is 64.5. The highest BCUT2D eigenvalue weighted by Gasteiger charge is 2.26. The van der Waals surface area contributed by atoms with Crippen LogP contribution in [0.2, 0.25) is 0 Å². The summed E-state index contributed by atoms with van der Waals surface area (Å²) in [6.07, 6.45) is 95.7. The van der Waals surface area contributed by atoms with E-state index in [1.54, 1.807) is 0 Å². The molecule has 0 heterocycles. The zero-order chi connectivity index (χ0) is 58.7. The minimum atomic E-state index is -4.42. The molecule has 456 valence electrons. The number of carbonyl (C=O) groups excluding carboxylic acids is 2. The van der Waals surface area contributed by atoms with Gasteiger partial charge >= 0.3 is 19.8 Å². The molecule has 10 heteroatoms. The predicted molar refractivity (Wildman–Crippen MR) is 348 cm³/mol. The Bertz CT molecular complexity index is 1930. The van der Waals surface area contributed by atoms with Crippen LogP contribution in [0, 0.1) is 0 Å². The molecular formula is C71H114NO8P. The first-order valence-electron chi connectivity index (χ1n) is 31.6. The smallest absolute Gasteiger partial charge is 0.462 e. The Balaban J connectivity index is 4.07. The Labute approximate surface area is 495 Å². The summed E-state index contributed by atoms with van der Waals surface area (Å²) < 4.78 is 33.0. The van der Waals surface area contributed by atoms with Crippen molar-refractivity contribution < 1.29 is 37.6 Å². The number of phosphoric ester groups is 1. The van der Waals surface area contributed by atoms with Crippen molar-refractivity contribution >= 4 is 19.8 Å². The van der Waals surface area contributed by atoms with Gasteiger partial charge in [0.15, 0.2) is 6.10 Å². The highest BCUT2D eigenvalue weighted by molar-refractivity contribution is 7.47. The van der Waals surface area contributed by atoms with Gasteiger partial charge in [0.1, 0.15) is 6.61 Å². The monoisotopic (exact) mass is 1140 g/mol. The van der Waals surface area contributed by atoms with Gasteiger partial charge in [-0.3, -0.25) is 18.6 Å². The normalized spacial score (nSPS) is 14.2. The second-order valence-electron chi connectivity index (χ2n) is 20.2. The number of hydrogen-bond donors (Lipinski definition) is 2. The third-order valence-corrected chi connectivity index (χ3v) is 13.6. The summed E-state index contributed by atoms with van der Waals surface area (Å²) in [7, 11) is -4.42. The first-order valence-corrected chi connectivity index (χ1v) is 33.1. The standard InChI is InChI=1S/C71H114NO8P/c1-3-5-7-9-11-13-15-17-19-21-23-25-27-29-31-33-34-36-37-39-41-43-45-47-49-51-53-55-57-59-61-63-70(73)77-67-69(68-79-81(75,76)78-66-65-72)80-71(74)64-62-60-58-56-54-52-50-48-46-44-42-40-38-35-32-30-28-26-24-22-20-18-16-14-12-10-8-6-4-2/h5-8,11-14,17-20,23-26,29-32,38,40,44,46,50,52,56,58,69H,3-4,9-10,15-16,21-22,27-28,33-37,39,41-43,45,47-49,51,53-55,57,59-68,72H2,1-2H3,(H,75,76)/b7-5-,8-6-,13-11-,14-12-,19-17-,20-18-,25-23-,26-24-,31-29-,32-30-,40-38-,46-44-,52-50-,58-56-. The van der Waals surface area contributed by atoms with Crippen LogP contribution in [-0.4, -0.2) is 49.3 Å². The van der Waals surface area contributed by atoms with Gasteiger partial charge in [-0.2, -0.15) is 0 Å². The van der Waals surface area contributed by atoms with Crippen LogP contribution in [-0.2, 0) is 32.7 Å². The van der Waals surface area contributed by atoms with E-state index < -0.39 is 32.5 Å². The average Bonchev–Trinajstić information content (AvgIpc) is 3.46. The summed E-state index contributed by atoms with van der Waals surface area (Å²) in [6, 6.07) is 0. The van der Waals surface area contributed by atoms with Crippen LogP contribution in [0.1, 0.15) is 232 Å². The maximum atomic E-state index is 12.7. The van der Waals surface area contributed by atoms with Gasteiger partial charge in [-0.25, -0.2) is 4.57 Å². The van der Waals surface area contributed by atoms with Gasteiger partial charge in [0.2, 0.25) is 0 Å². The summed E-state index contributed by atoms with van der Waals surface area (Å²) in [4.78, 5) is 35.3. The highest BCUT2D eigenvalue weighted by Crippen LogP contribution is 2.43. The third-order valence-electron chi connectivity index (χ3n) is 12.6. The molecule has 81 heavy (non-hydrogen) atoms. The average molecular weight is 1140 g/mol. The Kier molecular flexibility index (Phi) is 60.8. The molecule has 9 nitrogen and oxygen atoms in total. The molecule has 0 aliphatic heterocycles. The number of nitrogens with two attached hydrogens (primary N) is 1. The minimum Gasteiger partial charge on any atom is -0.462 e. The largest absolute Gasteiger partial charge is 0.472 e. The Morgan fingerprint density at radius 2 is 0.654 bits per heavy atom. The molecule has 0 fully saturated rings. The molecule has 0 bridgehead atoms. The molecule has 0 aromatic carbocycles. The van der Waals surface area contributed by atoms with Gasteiger partial charge in [0.05, 0.1) is 13.2 Å². The number of allylic oxidation sites excluding steroid dienone is 28. The lowest BCUT2D eigenvalue weighted by Gasteiger charge is -2.19. The summed E-state index contributed by atoms with van der Waals surface area (Å²) in [5.41, 5.74) is 5.39. The molecule has 0 aromatic rings. The summed E-state index contributed by atoms with van der Waals surface area (Å²) in [5, 5.41) is 0. The van der Waals surface area contributed by atoms with Crippen molar-refractivity contribution in [3.8, 4) is 0 Å². The van der Waals surface area contributed by atoms with Crippen molar-refractivity contribution in [3.63, 3.8) is 0 Å². The van der Waals surface area contributed by atoms with Gasteiger partial charge in [0, 0.05) is 19.4 Å². The maximum absolute atomic E-state index is 12.7. The van der Waals surface area contributed by atoms with Gasteiger partial charge in [-0.05, 0) is 122 Å². The SMILES string of the molecule is CC/C=C\C/C=C\C/C=C\C/C=C\C/C=C\C/C=C\C/C=C\C/C=C\C/C=C\CCCC(=O)OC(COC(=O)CCCCCCCCCCCCCCCCC/C=C\C/C=C\C/C=C\C/C=C\C/C=C\CC)COP(=O)(O)OCCN. The molecule has 0 saturated heterocycles. The van der Waals surface area contributed by atoms with Gasteiger partial charge in [0.25, 0.3) is 0 Å².